The summed E-state index contributed by atoms with van der Waals surface area (Å²) in [5.41, 5.74) is 2.39. The van der Waals surface area contributed by atoms with Crippen molar-refractivity contribution in [1.29, 1.82) is 0 Å². The van der Waals surface area contributed by atoms with E-state index in [1.807, 2.05) is 24.3 Å². The molecule has 30 heavy (non-hydrogen) atoms. The third kappa shape index (κ3) is 7.36. The van der Waals surface area contributed by atoms with Crippen molar-refractivity contribution in [2.45, 2.75) is 12.8 Å². The number of piperazine rings is 1. The molecule has 0 amide bonds. The highest BCUT2D eigenvalue weighted by Gasteiger charge is 2.15. The third-order valence-electron chi connectivity index (χ3n) is 5.50. The van der Waals surface area contributed by atoms with Crippen LogP contribution in [-0.2, 0) is 0 Å². The molecule has 0 spiro atoms. The average Bonchev–Trinajstić information content (AvgIpc) is 2.80. The van der Waals surface area contributed by atoms with Crippen molar-refractivity contribution in [2.24, 2.45) is 0 Å². The number of hydrogen-bond donors (Lipinski definition) is 0. The standard InChI is InChI=1S/C26H34N2O2/c1-29-25-13-7-11-23(21-25)9-3-5-15-27-17-19-28(20-18-27)16-6-4-10-24-12-8-14-26(22-24)30-2/h3-4,7-14,21-22H,5-6,15-20H2,1-2H3/b9-3+,10-4+. The molecule has 0 unspecified atom stereocenters. The van der Waals surface area contributed by atoms with Crippen LogP contribution in [0.25, 0.3) is 12.2 Å². The van der Waals surface area contributed by atoms with Crippen LogP contribution in [0.1, 0.15) is 24.0 Å². The lowest BCUT2D eigenvalue weighted by Gasteiger charge is -2.34. The van der Waals surface area contributed by atoms with Crippen LogP contribution in [0.2, 0.25) is 0 Å². The summed E-state index contributed by atoms with van der Waals surface area (Å²) in [6, 6.07) is 16.4. The van der Waals surface area contributed by atoms with Gasteiger partial charge < -0.3 is 19.3 Å². The highest BCUT2D eigenvalue weighted by atomic mass is 16.5. The molecule has 1 aliphatic rings. The van der Waals surface area contributed by atoms with Gasteiger partial charge in [0.05, 0.1) is 14.2 Å². The zero-order valence-corrected chi connectivity index (χ0v) is 18.3. The topological polar surface area (TPSA) is 24.9 Å². The Labute approximate surface area is 181 Å². The molecule has 0 aromatic heterocycles. The molecule has 2 aromatic rings. The fraction of sp³-hybridized carbons (Fsp3) is 0.385. The molecule has 1 saturated heterocycles. The van der Waals surface area contributed by atoms with Crippen LogP contribution < -0.4 is 9.47 Å². The van der Waals surface area contributed by atoms with Crippen LogP contribution in [0, 0.1) is 0 Å². The summed E-state index contributed by atoms with van der Waals surface area (Å²) < 4.78 is 10.6. The molecule has 2 aromatic carbocycles. The highest BCUT2D eigenvalue weighted by molar-refractivity contribution is 5.52. The summed E-state index contributed by atoms with van der Waals surface area (Å²) in [6.45, 7) is 6.90. The average molecular weight is 407 g/mol. The Bertz CT molecular complexity index is 754. The fourth-order valence-corrected chi connectivity index (χ4v) is 3.68. The SMILES string of the molecule is COc1cccc(/C=C/CCN2CCN(CC/C=C/c3cccc(OC)c3)CC2)c1. The lowest BCUT2D eigenvalue weighted by molar-refractivity contribution is 0.136. The molecule has 0 atom stereocenters. The van der Waals surface area contributed by atoms with E-state index >= 15 is 0 Å². The smallest absolute Gasteiger partial charge is 0.119 e. The third-order valence-corrected chi connectivity index (χ3v) is 5.50. The molecule has 0 bridgehead atoms. The predicted molar refractivity (Wildman–Crippen MR) is 126 cm³/mol. The Balaban J connectivity index is 1.31. The molecule has 1 fully saturated rings. The molecule has 0 aliphatic carbocycles. The van der Waals surface area contributed by atoms with Crippen molar-refractivity contribution < 1.29 is 9.47 Å². The van der Waals surface area contributed by atoms with Gasteiger partial charge >= 0.3 is 0 Å². The van der Waals surface area contributed by atoms with Gasteiger partial charge in [0, 0.05) is 39.3 Å². The lowest BCUT2D eigenvalue weighted by atomic mass is 10.2. The first kappa shape index (κ1) is 22.1. The van der Waals surface area contributed by atoms with Crippen LogP contribution in [0.3, 0.4) is 0 Å². The largest absolute Gasteiger partial charge is 0.497 e. The van der Waals surface area contributed by atoms with Crippen molar-refractivity contribution in [3.05, 3.63) is 71.8 Å². The monoisotopic (exact) mass is 406 g/mol. The van der Waals surface area contributed by atoms with Gasteiger partial charge in [-0.25, -0.2) is 0 Å². The number of ether oxygens (including phenoxy) is 2. The van der Waals surface area contributed by atoms with Crippen molar-refractivity contribution in [1.82, 2.24) is 9.80 Å². The second-order valence-corrected chi connectivity index (χ2v) is 7.62. The molecule has 0 saturated carbocycles. The van der Waals surface area contributed by atoms with E-state index in [1.54, 1.807) is 14.2 Å². The van der Waals surface area contributed by atoms with Gasteiger partial charge in [0.25, 0.3) is 0 Å². The van der Waals surface area contributed by atoms with Crippen LogP contribution >= 0.6 is 0 Å². The normalized spacial score (nSPS) is 15.8. The first-order valence-corrected chi connectivity index (χ1v) is 10.8. The van der Waals surface area contributed by atoms with E-state index in [4.69, 9.17) is 9.47 Å². The van der Waals surface area contributed by atoms with E-state index < -0.39 is 0 Å². The summed E-state index contributed by atoms with van der Waals surface area (Å²) in [5.74, 6) is 1.82. The van der Waals surface area contributed by atoms with E-state index in [2.05, 4.69) is 58.4 Å². The van der Waals surface area contributed by atoms with E-state index in [0.717, 1.165) is 63.6 Å². The molecular weight excluding hydrogens is 372 g/mol. The van der Waals surface area contributed by atoms with E-state index in [9.17, 15) is 0 Å². The van der Waals surface area contributed by atoms with Crippen LogP contribution in [0.15, 0.2) is 60.7 Å². The maximum atomic E-state index is 5.28. The fourth-order valence-electron chi connectivity index (χ4n) is 3.68. The minimum atomic E-state index is 0.909. The van der Waals surface area contributed by atoms with Crippen molar-refractivity contribution >= 4 is 12.2 Å². The van der Waals surface area contributed by atoms with Crippen molar-refractivity contribution in [3.63, 3.8) is 0 Å². The number of hydrogen-bond acceptors (Lipinski definition) is 4. The van der Waals surface area contributed by atoms with Gasteiger partial charge in [0.15, 0.2) is 0 Å². The van der Waals surface area contributed by atoms with Gasteiger partial charge in [-0.15, -0.1) is 0 Å². The minimum absolute atomic E-state index is 0.909. The van der Waals surface area contributed by atoms with Gasteiger partial charge in [-0.1, -0.05) is 48.6 Å². The first-order valence-electron chi connectivity index (χ1n) is 10.8. The Kier molecular flexibility index (Phi) is 9.01. The molecular formula is C26H34N2O2. The Morgan fingerprint density at radius 1 is 0.700 bits per heavy atom. The second kappa shape index (κ2) is 12.2. The summed E-state index contributed by atoms with van der Waals surface area (Å²) in [6.07, 6.45) is 11.1. The number of benzene rings is 2. The summed E-state index contributed by atoms with van der Waals surface area (Å²) >= 11 is 0. The number of nitrogens with zero attached hydrogens (tertiary/aromatic N) is 2. The summed E-state index contributed by atoms with van der Waals surface area (Å²) in [7, 11) is 3.42. The molecule has 4 nitrogen and oxygen atoms in total. The highest BCUT2D eigenvalue weighted by Crippen LogP contribution is 2.15. The molecule has 0 N–H and O–H groups in total. The molecule has 0 radical (unpaired) electrons. The zero-order valence-electron chi connectivity index (χ0n) is 18.3. The second-order valence-electron chi connectivity index (χ2n) is 7.62. The van der Waals surface area contributed by atoms with Gasteiger partial charge in [-0.2, -0.15) is 0 Å². The minimum Gasteiger partial charge on any atom is -0.497 e. The quantitative estimate of drug-likeness (QED) is 0.564. The van der Waals surface area contributed by atoms with Gasteiger partial charge in [-0.3, -0.25) is 0 Å². The van der Waals surface area contributed by atoms with Crippen LogP contribution in [0.5, 0.6) is 11.5 Å². The number of methoxy groups -OCH3 is 2. The van der Waals surface area contributed by atoms with Crippen molar-refractivity contribution in [2.75, 3.05) is 53.5 Å². The molecule has 1 heterocycles. The maximum absolute atomic E-state index is 5.28. The summed E-state index contributed by atoms with van der Waals surface area (Å²) in [5, 5.41) is 0. The Hall–Kier alpha value is -2.56. The predicted octanol–water partition coefficient (Wildman–Crippen LogP) is 4.83. The Morgan fingerprint density at radius 3 is 1.53 bits per heavy atom. The Morgan fingerprint density at radius 2 is 1.13 bits per heavy atom. The van der Waals surface area contributed by atoms with Crippen LogP contribution in [0.4, 0.5) is 0 Å². The summed E-state index contributed by atoms with van der Waals surface area (Å²) in [4.78, 5) is 5.14. The number of rotatable bonds is 10. The molecule has 160 valence electrons. The first-order chi connectivity index (χ1) is 14.8. The van der Waals surface area contributed by atoms with Gasteiger partial charge in [0.2, 0.25) is 0 Å². The molecule has 1 aliphatic heterocycles. The van der Waals surface area contributed by atoms with E-state index in [1.165, 1.54) is 11.1 Å². The van der Waals surface area contributed by atoms with Gasteiger partial charge in [-0.05, 0) is 48.2 Å². The lowest BCUT2D eigenvalue weighted by Crippen LogP contribution is -2.46. The zero-order chi connectivity index (χ0) is 21.0. The van der Waals surface area contributed by atoms with Gasteiger partial charge in [0.1, 0.15) is 11.5 Å². The molecule has 3 rings (SSSR count). The van der Waals surface area contributed by atoms with Crippen molar-refractivity contribution in [3.8, 4) is 11.5 Å². The van der Waals surface area contributed by atoms with Crippen LogP contribution in [-0.4, -0.2) is 63.3 Å². The maximum Gasteiger partial charge on any atom is 0.119 e. The molecule has 4 heteroatoms. The van der Waals surface area contributed by atoms with E-state index in [0.29, 0.717) is 0 Å². The van der Waals surface area contributed by atoms with E-state index in [-0.39, 0.29) is 0 Å².